The van der Waals surface area contributed by atoms with Crippen molar-refractivity contribution in [3.05, 3.63) is 12.2 Å². The van der Waals surface area contributed by atoms with Crippen LogP contribution in [0.3, 0.4) is 0 Å². The number of rotatable bonds is 33. The summed E-state index contributed by atoms with van der Waals surface area (Å²) >= 11 is 0. The van der Waals surface area contributed by atoms with Gasteiger partial charge in [0.15, 0.2) is 18.1 Å². The predicted molar refractivity (Wildman–Crippen MR) is 187 cm³/mol. The summed E-state index contributed by atoms with van der Waals surface area (Å²) < 4.78 is -0.372. The highest BCUT2D eigenvalue weighted by Crippen LogP contribution is 2.34. The molecule has 0 aliphatic heterocycles. The lowest BCUT2D eigenvalue weighted by Crippen LogP contribution is -2.72. The molecule has 0 spiro atoms. The predicted octanol–water partition coefficient (Wildman–Crippen LogP) is 10.6. The summed E-state index contributed by atoms with van der Waals surface area (Å²) in [6.07, 6.45) is 30.3. The summed E-state index contributed by atoms with van der Waals surface area (Å²) in [6, 6.07) is -3.14. The minimum Gasteiger partial charge on any atom is -0.477 e. The topological polar surface area (TPSA) is 112 Å². The first-order valence-corrected chi connectivity index (χ1v) is 18.9. The molecule has 0 aliphatic rings. The minimum absolute atomic E-state index is 0.269. The lowest BCUT2D eigenvalue weighted by Gasteiger charge is -2.50. The first kappa shape index (κ1) is 43.1. The molecule has 264 valence electrons. The summed E-state index contributed by atoms with van der Waals surface area (Å²) in [7, 11) is 0. The van der Waals surface area contributed by atoms with E-state index in [1.54, 1.807) is 0 Å². The van der Waals surface area contributed by atoms with E-state index in [0.717, 1.165) is 19.3 Å². The molecule has 0 amide bonds. The largest absolute Gasteiger partial charge is 0.477 e. The Hall–Kier alpha value is -1.89. The van der Waals surface area contributed by atoms with E-state index in [-0.39, 0.29) is 30.3 Å². The van der Waals surface area contributed by atoms with Crippen molar-refractivity contribution in [2.24, 2.45) is 0 Å². The first-order chi connectivity index (χ1) is 21.7. The number of nitrogens with zero attached hydrogens (tertiary/aromatic N) is 1. The van der Waals surface area contributed by atoms with Gasteiger partial charge in [-0.25, -0.2) is 14.4 Å². The number of aliphatic carboxylic acids is 3. The van der Waals surface area contributed by atoms with Crippen LogP contribution >= 0.6 is 0 Å². The van der Waals surface area contributed by atoms with Gasteiger partial charge in [0.25, 0.3) is 0 Å². The highest BCUT2D eigenvalue weighted by molar-refractivity contribution is 5.78. The Labute approximate surface area is 276 Å². The molecule has 3 atom stereocenters. The molecule has 0 aromatic heterocycles. The quantitative estimate of drug-likeness (QED) is 0.0374. The zero-order valence-corrected chi connectivity index (χ0v) is 29.8. The highest BCUT2D eigenvalue weighted by Gasteiger charge is 2.56. The lowest BCUT2D eigenvalue weighted by molar-refractivity contribution is -0.973. The molecule has 7 heteroatoms. The fraction of sp³-hybridized carbons (Fsp3) is 0.868. The van der Waals surface area contributed by atoms with Crippen LogP contribution in [0.2, 0.25) is 0 Å². The second-order valence-electron chi connectivity index (χ2n) is 13.4. The van der Waals surface area contributed by atoms with Crippen molar-refractivity contribution in [3.63, 3.8) is 0 Å². The first-order valence-electron chi connectivity index (χ1n) is 18.9. The third kappa shape index (κ3) is 18.1. The third-order valence-electron chi connectivity index (χ3n) is 9.59. The van der Waals surface area contributed by atoms with Crippen LogP contribution < -0.4 is 0 Å². The van der Waals surface area contributed by atoms with E-state index in [2.05, 4.69) is 19.1 Å². The van der Waals surface area contributed by atoms with E-state index in [4.69, 9.17) is 0 Å². The highest BCUT2D eigenvalue weighted by atomic mass is 16.4. The molecule has 0 saturated carbocycles. The molecule has 7 nitrogen and oxygen atoms in total. The van der Waals surface area contributed by atoms with Crippen molar-refractivity contribution in [1.82, 2.24) is 0 Å². The van der Waals surface area contributed by atoms with Crippen LogP contribution in [0.15, 0.2) is 12.2 Å². The van der Waals surface area contributed by atoms with Gasteiger partial charge in [0.1, 0.15) is 0 Å². The minimum atomic E-state index is -1.08. The van der Waals surface area contributed by atoms with Crippen molar-refractivity contribution in [3.8, 4) is 0 Å². The number of carboxylic acid groups (broad SMARTS) is 3. The SMILES string of the molecule is CCCCCCCCCC/C=C/CCCCCCCCCCC[N+](C(CCC)C(=O)O)(C(CCC)C(=O)O)C(CCC)C(=O)O. The van der Waals surface area contributed by atoms with Crippen molar-refractivity contribution >= 4 is 17.9 Å². The van der Waals surface area contributed by atoms with Crippen LogP contribution in [-0.4, -0.2) is 62.4 Å². The third-order valence-corrected chi connectivity index (χ3v) is 9.59. The molecule has 0 fully saturated rings. The number of allylic oxidation sites excluding steroid dienone is 2. The van der Waals surface area contributed by atoms with E-state index >= 15 is 0 Å². The van der Waals surface area contributed by atoms with Gasteiger partial charge in [-0.15, -0.1) is 0 Å². The number of quaternary nitrogens is 1. The molecule has 0 saturated heterocycles. The fourth-order valence-electron chi connectivity index (χ4n) is 7.16. The average molecular weight is 639 g/mol. The average Bonchev–Trinajstić information content (AvgIpc) is 3.00. The molecular weight excluding hydrogens is 566 g/mol. The van der Waals surface area contributed by atoms with Crippen LogP contribution in [0.4, 0.5) is 0 Å². The van der Waals surface area contributed by atoms with Crippen LogP contribution in [0, 0.1) is 0 Å². The van der Waals surface area contributed by atoms with Gasteiger partial charge in [0, 0.05) is 19.3 Å². The number of carboxylic acids is 3. The number of hydrogen-bond acceptors (Lipinski definition) is 3. The van der Waals surface area contributed by atoms with Gasteiger partial charge in [-0.3, -0.25) is 4.48 Å². The van der Waals surface area contributed by atoms with Crippen molar-refractivity contribution < 1.29 is 34.2 Å². The molecule has 0 radical (unpaired) electrons. The van der Waals surface area contributed by atoms with Crippen LogP contribution in [0.5, 0.6) is 0 Å². The normalized spacial score (nSPS) is 15.1. The Balaban J connectivity index is 4.68. The summed E-state index contributed by atoms with van der Waals surface area (Å²) in [5, 5.41) is 30.9. The zero-order chi connectivity index (χ0) is 33.8. The Morgan fingerprint density at radius 2 is 0.733 bits per heavy atom. The van der Waals surface area contributed by atoms with Gasteiger partial charge in [0.05, 0.1) is 6.54 Å². The smallest absolute Gasteiger partial charge is 0.362 e. The second kappa shape index (κ2) is 28.3. The second-order valence-corrected chi connectivity index (χ2v) is 13.4. The molecule has 3 N–H and O–H groups in total. The van der Waals surface area contributed by atoms with Gasteiger partial charge >= 0.3 is 17.9 Å². The van der Waals surface area contributed by atoms with Crippen LogP contribution in [-0.2, 0) is 14.4 Å². The van der Waals surface area contributed by atoms with Gasteiger partial charge in [-0.05, 0) is 57.8 Å². The van der Waals surface area contributed by atoms with E-state index < -0.39 is 36.0 Å². The molecule has 0 aliphatic carbocycles. The molecule has 0 aromatic carbocycles. The Bertz CT molecular complexity index is 722. The zero-order valence-electron chi connectivity index (χ0n) is 29.8. The van der Waals surface area contributed by atoms with E-state index in [0.29, 0.717) is 25.7 Å². The monoisotopic (exact) mass is 639 g/mol. The number of unbranched alkanes of at least 4 members (excludes halogenated alkanes) is 17. The Morgan fingerprint density at radius 1 is 0.444 bits per heavy atom. The molecule has 0 heterocycles. The van der Waals surface area contributed by atoms with Crippen LogP contribution in [0.1, 0.15) is 188 Å². The Morgan fingerprint density at radius 3 is 1.02 bits per heavy atom. The molecule has 0 bridgehead atoms. The number of carbonyl (C=O) groups is 3. The number of hydrogen-bond donors (Lipinski definition) is 3. The van der Waals surface area contributed by atoms with E-state index in [9.17, 15) is 29.7 Å². The maximum absolute atomic E-state index is 12.6. The summed E-state index contributed by atoms with van der Waals surface area (Å²) in [4.78, 5) is 37.8. The lowest BCUT2D eigenvalue weighted by atomic mass is 9.91. The molecule has 45 heavy (non-hydrogen) atoms. The van der Waals surface area contributed by atoms with Gasteiger partial charge in [-0.2, -0.15) is 0 Å². The van der Waals surface area contributed by atoms with Crippen LogP contribution in [0.25, 0.3) is 0 Å². The maximum atomic E-state index is 12.6. The van der Waals surface area contributed by atoms with Gasteiger partial charge in [-0.1, -0.05) is 123 Å². The van der Waals surface area contributed by atoms with Gasteiger partial charge < -0.3 is 15.3 Å². The van der Waals surface area contributed by atoms with Gasteiger partial charge in [0.2, 0.25) is 0 Å². The standard InChI is InChI=1S/C38H71NO6/c1-5-9-10-11-12-13-14-15-16-17-18-19-20-21-22-23-24-25-26-27-28-32-39(33(29-6-2)36(40)41,34(30-7-3)37(42)43)35(31-8-4)38(44)45/h17-18,33-35H,5-16,19-32H2,1-4H3,(H2-,40,41,42,43,44,45)/p+1/b18-17+. The Kier molecular flexibility index (Phi) is 27.2. The molecule has 3 unspecified atom stereocenters. The molecule has 0 rings (SSSR count). The van der Waals surface area contributed by atoms with Crippen molar-refractivity contribution in [2.75, 3.05) is 6.54 Å². The summed E-state index contributed by atoms with van der Waals surface area (Å²) in [5.41, 5.74) is 0. The fourth-order valence-corrected chi connectivity index (χ4v) is 7.16. The summed E-state index contributed by atoms with van der Waals surface area (Å²) in [6.45, 7) is 8.18. The molecular formula is C38H72NO6+. The van der Waals surface area contributed by atoms with E-state index in [1.165, 1.54) is 96.3 Å². The van der Waals surface area contributed by atoms with Crippen molar-refractivity contribution in [1.29, 1.82) is 0 Å². The van der Waals surface area contributed by atoms with E-state index in [1.807, 2.05) is 20.8 Å². The maximum Gasteiger partial charge on any atom is 0.362 e. The van der Waals surface area contributed by atoms with Crippen molar-refractivity contribution in [2.45, 2.75) is 206 Å². The summed E-state index contributed by atoms with van der Waals surface area (Å²) in [5.74, 6) is -3.25. The molecule has 0 aromatic rings.